The molecule has 0 aliphatic carbocycles. The number of halogens is 5. The SMILES string of the molecule is CC(=O)c1cc([N+](=O)[O-])c(C(F)(F)F)cc1OC(F)F. The third-order valence-corrected chi connectivity index (χ3v) is 2.20. The van der Waals surface area contributed by atoms with Crippen LogP contribution < -0.4 is 4.74 Å². The Morgan fingerprint density at radius 1 is 1.35 bits per heavy atom. The Morgan fingerprint density at radius 3 is 2.25 bits per heavy atom. The van der Waals surface area contributed by atoms with Crippen molar-refractivity contribution in [2.45, 2.75) is 19.7 Å². The minimum Gasteiger partial charge on any atom is -0.434 e. The molecule has 0 bridgehead atoms. The molecule has 5 nitrogen and oxygen atoms in total. The zero-order valence-electron chi connectivity index (χ0n) is 9.70. The van der Waals surface area contributed by atoms with Gasteiger partial charge in [-0.1, -0.05) is 0 Å². The molecule has 0 unspecified atom stereocenters. The number of hydrogen-bond donors (Lipinski definition) is 0. The summed E-state index contributed by atoms with van der Waals surface area (Å²) in [4.78, 5) is 20.4. The number of ether oxygens (including phenoxy) is 1. The van der Waals surface area contributed by atoms with Crippen molar-refractivity contribution in [1.82, 2.24) is 0 Å². The van der Waals surface area contributed by atoms with Gasteiger partial charge in [-0.05, 0) is 6.92 Å². The van der Waals surface area contributed by atoms with Gasteiger partial charge < -0.3 is 4.74 Å². The van der Waals surface area contributed by atoms with Gasteiger partial charge >= 0.3 is 12.8 Å². The lowest BCUT2D eigenvalue weighted by Crippen LogP contribution is -2.13. The fraction of sp³-hybridized carbons (Fsp3) is 0.300. The molecule has 1 aromatic rings. The minimum atomic E-state index is -5.15. The molecule has 0 fully saturated rings. The second-order valence-corrected chi connectivity index (χ2v) is 3.56. The van der Waals surface area contributed by atoms with E-state index in [-0.39, 0.29) is 12.1 Å². The van der Waals surface area contributed by atoms with Crippen molar-refractivity contribution in [1.29, 1.82) is 0 Å². The van der Waals surface area contributed by atoms with Gasteiger partial charge in [0, 0.05) is 12.1 Å². The molecule has 0 N–H and O–H groups in total. The number of nitrogens with zero attached hydrogens (tertiary/aromatic N) is 1. The first kappa shape index (κ1) is 15.8. The van der Waals surface area contributed by atoms with E-state index >= 15 is 0 Å². The van der Waals surface area contributed by atoms with Gasteiger partial charge in [-0.25, -0.2) is 0 Å². The number of nitro benzene ring substituents is 1. The number of hydrogen-bond acceptors (Lipinski definition) is 4. The lowest BCUT2D eigenvalue weighted by atomic mass is 10.0. The quantitative estimate of drug-likeness (QED) is 0.370. The van der Waals surface area contributed by atoms with E-state index < -0.39 is 46.1 Å². The van der Waals surface area contributed by atoms with Crippen LogP contribution in [0.2, 0.25) is 0 Å². The molecular weight excluding hydrogens is 293 g/mol. The number of alkyl halides is 5. The van der Waals surface area contributed by atoms with E-state index in [4.69, 9.17) is 0 Å². The molecule has 0 atom stereocenters. The van der Waals surface area contributed by atoms with Gasteiger partial charge in [-0.3, -0.25) is 14.9 Å². The van der Waals surface area contributed by atoms with E-state index in [9.17, 15) is 36.9 Å². The summed E-state index contributed by atoms with van der Waals surface area (Å²) in [5, 5.41) is 10.6. The van der Waals surface area contributed by atoms with E-state index in [2.05, 4.69) is 4.74 Å². The van der Waals surface area contributed by atoms with E-state index in [1.165, 1.54) is 0 Å². The topological polar surface area (TPSA) is 69.4 Å². The maximum atomic E-state index is 12.6. The maximum absolute atomic E-state index is 12.6. The van der Waals surface area contributed by atoms with Crippen LogP contribution in [0, 0.1) is 10.1 Å². The number of ketones is 1. The second-order valence-electron chi connectivity index (χ2n) is 3.56. The third kappa shape index (κ3) is 3.39. The lowest BCUT2D eigenvalue weighted by molar-refractivity contribution is -0.388. The Hall–Kier alpha value is -2.26. The molecule has 0 radical (unpaired) electrons. The molecule has 0 heterocycles. The summed E-state index contributed by atoms with van der Waals surface area (Å²) in [7, 11) is 0. The van der Waals surface area contributed by atoms with Gasteiger partial charge in [-0.2, -0.15) is 22.0 Å². The van der Waals surface area contributed by atoms with Crippen LogP contribution in [0.4, 0.5) is 27.6 Å². The number of Topliss-reactive ketones (excluding diaryl/α,β-unsaturated/α-hetero) is 1. The largest absolute Gasteiger partial charge is 0.434 e. The molecule has 0 spiro atoms. The highest BCUT2D eigenvalue weighted by Gasteiger charge is 2.40. The monoisotopic (exact) mass is 299 g/mol. The Bertz CT molecular complexity index is 555. The van der Waals surface area contributed by atoms with Gasteiger partial charge in [0.15, 0.2) is 5.78 Å². The highest BCUT2D eigenvalue weighted by Crippen LogP contribution is 2.40. The zero-order chi connectivity index (χ0) is 15.7. The van der Waals surface area contributed by atoms with Gasteiger partial charge in [0.1, 0.15) is 11.3 Å². The molecule has 110 valence electrons. The standard InChI is InChI=1S/C10H6F5NO4/c1-4(17)5-2-7(16(18)19)6(10(13,14)15)3-8(5)20-9(11)12/h2-3,9H,1H3. The van der Waals surface area contributed by atoms with Crippen LogP contribution in [0.15, 0.2) is 12.1 Å². The lowest BCUT2D eigenvalue weighted by Gasteiger charge is -2.13. The van der Waals surface area contributed by atoms with Gasteiger partial charge in [0.05, 0.1) is 10.5 Å². The van der Waals surface area contributed by atoms with Crippen molar-refractivity contribution in [3.05, 3.63) is 33.4 Å². The molecular formula is C10H6F5NO4. The summed E-state index contributed by atoms with van der Waals surface area (Å²) in [6, 6.07) is 0.282. The predicted molar refractivity (Wildman–Crippen MR) is 54.7 cm³/mol. The number of carbonyl (C=O) groups is 1. The third-order valence-electron chi connectivity index (χ3n) is 2.20. The summed E-state index contributed by atoms with van der Waals surface area (Å²) >= 11 is 0. The summed E-state index contributed by atoms with van der Waals surface area (Å²) in [5.41, 5.74) is -3.92. The average molecular weight is 299 g/mol. The Labute approximate surface area is 108 Å². The first-order valence-electron chi connectivity index (χ1n) is 4.89. The fourth-order valence-electron chi connectivity index (χ4n) is 1.42. The highest BCUT2D eigenvalue weighted by molar-refractivity contribution is 5.97. The van der Waals surface area contributed by atoms with Crippen LogP contribution >= 0.6 is 0 Å². The molecule has 0 aliphatic rings. The smallest absolute Gasteiger partial charge is 0.423 e. The molecule has 20 heavy (non-hydrogen) atoms. The van der Waals surface area contributed by atoms with Crippen LogP contribution in [0.5, 0.6) is 5.75 Å². The van der Waals surface area contributed by atoms with Gasteiger partial charge in [0.2, 0.25) is 0 Å². The number of rotatable bonds is 4. The Kier molecular flexibility index (Phi) is 4.26. The van der Waals surface area contributed by atoms with Crippen molar-refractivity contribution in [2.75, 3.05) is 0 Å². The number of carbonyl (C=O) groups excluding carboxylic acids is 1. The molecule has 1 aromatic carbocycles. The Balaban J connectivity index is 3.60. The Morgan fingerprint density at radius 2 is 1.90 bits per heavy atom. The molecule has 0 aliphatic heterocycles. The van der Waals surface area contributed by atoms with E-state index in [1.807, 2.05) is 0 Å². The number of benzene rings is 1. The second kappa shape index (κ2) is 5.39. The van der Waals surface area contributed by atoms with Gasteiger partial charge in [-0.15, -0.1) is 0 Å². The van der Waals surface area contributed by atoms with Crippen molar-refractivity contribution in [2.24, 2.45) is 0 Å². The average Bonchev–Trinajstić information content (AvgIpc) is 2.25. The molecule has 0 saturated heterocycles. The maximum Gasteiger partial charge on any atom is 0.423 e. The molecule has 10 heteroatoms. The molecule has 0 saturated carbocycles. The molecule has 0 aromatic heterocycles. The molecule has 0 amide bonds. The number of nitro groups is 1. The molecule has 1 rings (SSSR count). The van der Waals surface area contributed by atoms with Crippen LogP contribution in [0.3, 0.4) is 0 Å². The van der Waals surface area contributed by atoms with E-state index in [0.717, 1.165) is 6.92 Å². The fourth-order valence-corrected chi connectivity index (χ4v) is 1.42. The summed E-state index contributed by atoms with van der Waals surface area (Å²) in [6.45, 7) is -2.62. The predicted octanol–water partition coefficient (Wildman–Crippen LogP) is 3.42. The zero-order valence-corrected chi connectivity index (χ0v) is 9.70. The van der Waals surface area contributed by atoms with Crippen LogP contribution in [0.1, 0.15) is 22.8 Å². The van der Waals surface area contributed by atoms with Gasteiger partial charge in [0.25, 0.3) is 5.69 Å². The summed E-state index contributed by atoms with van der Waals surface area (Å²) in [6.07, 6.45) is -5.15. The minimum absolute atomic E-state index is 0.0149. The van der Waals surface area contributed by atoms with Crippen molar-refractivity contribution in [3.63, 3.8) is 0 Å². The van der Waals surface area contributed by atoms with E-state index in [0.29, 0.717) is 0 Å². The first-order chi connectivity index (χ1) is 9.04. The first-order valence-corrected chi connectivity index (χ1v) is 4.89. The van der Waals surface area contributed by atoms with E-state index in [1.54, 1.807) is 0 Å². The normalized spacial score (nSPS) is 11.6. The summed E-state index contributed by atoms with van der Waals surface area (Å²) in [5.74, 6) is -2.01. The summed E-state index contributed by atoms with van der Waals surface area (Å²) < 4.78 is 65.9. The van der Waals surface area contributed by atoms with Crippen molar-refractivity contribution in [3.8, 4) is 5.75 Å². The van der Waals surface area contributed by atoms with Crippen molar-refractivity contribution < 1.29 is 36.4 Å². The van der Waals surface area contributed by atoms with Crippen LogP contribution in [0.25, 0.3) is 0 Å². The van der Waals surface area contributed by atoms with Crippen molar-refractivity contribution >= 4 is 11.5 Å². The van der Waals surface area contributed by atoms with Crippen LogP contribution in [-0.4, -0.2) is 17.3 Å². The van der Waals surface area contributed by atoms with Crippen LogP contribution in [-0.2, 0) is 6.18 Å². The highest BCUT2D eigenvalue weighted by atomic mass is 19.4.